The summed E-state index contributed by atoms with van der Waals surface area (Å²) >= 11 is 0. The summed E-state index contributed by atoms with van der Waals surface area (Å²) < 4.78 is 2.40. The number of rotatable bonds is 6. The molecule has 7 aromatic rings. The molecule has 0 bridgehead atoms. The molecule has 186 valence electrons. The maximum Gasteiger partial charge on any atom is 0.0541 e. The van der Waals surface area contributed by atoms with Crippen LogP contribution in [0.1, 0.15) is 11.1 Å². The van der Waals surface area contributed by atoms with E-state index in [2.05, 4.69) is 156 Å². The molecule has 0 unspecified atom stereocenters. The monoisotopic (exact) mass is 499 g/mol. The SMILES string of the molecule is c1ccc(CCc2ccc(-c3ccc4c(c3)c3ccccc3n4-c3cccc(-c4ccccc4)c3)cc2)cc1. The van der Waals surface area contributed by atoms with Crippen LogP contribution in [-0.2, 0) is 12.8 Å². The lowest BCUT2D eigenvalue weighted by Crippen LogP contribution is -1.94. The average Bonchev–Trinajstić information content (AvgIpc) is 3.35. The molecule has 0 fully saturated rings. The molecule has 39 heavy (non-hydrogen) atoms. The van der Waals surface area contributed by atoms with Crippen molar-refractivity contribution in [1.29, 1.82) is 0 Å². The Hall–Kier alpha value is -4.88. The van der Waals surface area contributed by atoms with Crippen molar-refractivity contribution < 1.29 is 0 Å². The van der Waals surface area contributed by atoms with Crippen molar-refractivity contribution in [2.75, 3.05) is 0 Å². The number of aromatic nitrogens is 1. The number of benzene rings is 6. The second kappa shape index (κ2) is 10.1. The van der Waals surface area contributed by atoms with Gasteiger partial charge in [0.1, 0.15) is 0 Å². The minimum Gasteiger partial charge on any atom is -0.309 e. The third kappa shape index (κ3) is 4.53. The summed E-state index contributed by atoms with van der Waals surface area (Å²) in [5.74, 6) is 0. The van der Waals surface area contributed by atoms with Gasteiger partial charge in [-0.1, -0.05) is 121 Å². The maximum absolute atomic E-state index is 2.40. The summed E-state index contributed by atoms with van der Waals surface area (Å²) in [5, 5.41) is 2.56. The first-order chi connectivity index (χ1) is 19.3. The second-order valence-corrected chi connectivity index (χ2v) is 10.2. The Morgan fingerprint density at radius 3 is 1.72 bits per heavy atom. The number of fused-ring (bicyclic) bond motifs is 3. The Bertz CT molecular complexity index is 1880. The fourth-order valence-corrected chi connectivity index (χ4v) is 5.68. The van der Waals surface area contributed by atoms with Crippen LogP contribution >= 0.6 is 0 Å². The van der Waals surface area contributed by atoms with Crippen LogP contribution in [0.4, 0.5) is 0 Å². The van der Waals surface area contributed by atoms with Gasteiger partial charge in [-0.3, -0.25) is 0 Å². The smallest absolute Gasteiger partial charge is 0.0541 e. The molecule has 0 saturated heterocycles. The summed E-state index contributed by atoms with van der Waals surface area (Å²) in [6, 6.07) is 54.9. The van der Waals surface area contributed by atoms with Gasteiger partial charge in [0.2, 0.25) is 0 Å². The van der Waals surface area contributed by atoms with E-state index in [1.807, 2.05) is 0 Å². The van der Waals surface area contributed by atoms with E-state index in [1.54, 1.807) is 0 Å². The molecule has 1 heteroatoms. The zero-order chi connectivity index (χ0) is 26.0. The van der Waals surface area contributed by atoms with E-state index in [0.29, 0.717) is 0 Å². The standard InChI is InChI=1S/C38H29N/c1-3-10-28(11-4-1)18-19-29-20-22-31(23-21-29)33-24-25-38-36(27-33)35-16-7-8-17-37(35)39(38)34-15-9-14-32(26-34)30-12-5-2-6-13-30/h1-17,20-27H,18-19H2. The van der Waals surface area contributed by atoms with Crippen LogP contribution in [0.15, 0.2) is 152 Å². The van der Waals surface area contributed by atoms with Gasteiger partial charge in [-0.25, -0.2) is 0 Å². The van der Waals surface area contributed by atoms with Crippen LogP contribution in [0.2, 0.25) is 0 Å². The predicted molar refractivity (Wildman–Crippen MR) is 166 cm³/mol. The molecule has 0 aliphatic rings. The first kappa shape index (κ1) is 23.3. The Balaban J connectivity index is 1.26. The van der Waals surface area contributed by atoms with E-state index < -0.39 is 0 Å². The van der Waals surface area contributed by atoms with Gasteiger partial charge in [0.05, 0.1) is 11.0 Å². The van der Waals surface area contributed by atoms with E-state index in [9.17, 15) is 0 Å². The van der Waals surface area contributed by atoms with Crippen molar-refractivity contribution in [2.24, 2.45) is 0 Å². The van der Waals surface area contributed by atoms with Crippen molar-refractivity contribution in [3.63, 3.8) is 0 Å². The number of para-hydroxylation sites is 1. The first-order valence-electron chi connectivity index (χ1n) is 13.7. The van der Waals surface area contributed by atoms with E-state index in [-0.39, 0.29) is 0 Å². The molecule has 0 saturated carbocycles. The molecular weight excluding hydrogens is 470 g/mol. The quantitative estimate of drug-likeness (QED) is 0.214. The van der Waals surface area contributed by atoms with Gasteiger partial charge in [0.15, 0.2) is 0 Å². The highest BCUT2D eigenvalue weighted by Crippen LogP contribution is 2.35. The fourth-order valence-electron chi connectivity index (χ4n) is 5.68. The third-order valence-corrected chi connectivity index (χ3v) is 7.72. The van der Waals surface area contributed by atoms with Crippen LogP contribution in [0.5, 0.6) is 0 Å². The number of hydrogen-bond donors (Lipinski definition) is 0. The van der Waals surface area contributed by atoms with Gasteiger partial charge in [0, 0.05) is 16.5 Å². The molecule has 7 rings (SSSR count). The van der Waals surface area contributed by atoms with Crippen molar-refractivity contribution >= 4 is 21.8 Å². The summed E-state index contributed by atoms with van der Waals surface area (Å²) in [4.78, 5) is 0. The molecule has 0 spiro atoms. The highest BCUT2D eigenvalue weighted by atomic mass is 15.0. The number of hydrogen-bond acceptors (Lipinski definition) is 0. The largest absolute Gasteiger partial charge is 0.309 e. The number of nitrogens with zero attached hydrogens (tertiary/aromatic N) is 1. The molecule has 0 radical (unpaired) electrons. The molecule has 1 aromatic heterocycles. The Kier molecular flexibility index (Phi) is 6.03. The van der Waals surface area contributed by atoms with E-state index >= 15 is 0 Å². The Labute approximate surface area is 229 Å². The Morgan fingerprint density at radius 1 is 0.359 bits per heavy atom. The van der Waals surface area contributed by atoms with Crippen molar-refractivity contribution in [1.82, 2.24) is 4.57 Å². The molecule has 0 N–H and O–H groups in total. The molecule has 0 aliphatic heterocycles. The van der Waals surface area contributed by atoms with E-state index in [4.69, 9.17) is 0 Å². The zero-order valence-electron chi connectivity index (χ0n) is 21.8. The minimum atomic E-state index is 1.05. The molecule has 0 amide bonds. The van der Waals surface area contributed by atoms with Crippen molar-refractivity contribution in [2.45, 2.75) is 12.8 Å². The van der Waals surface area contributed by atoms with E-state index in [0.717, 1.165) is 12.8 Å². The topological polar surface area (TPSA) is 4.93 Å². The van der Waals surface area contributed by atoms with E-state index in [1.165, 1.54) is 60.9 Å². The van der Waals surface area contributed by atoms with Crippen LogP contribution in [-0.4, -0.2) is 4.57 Å². The van der Waals surface area contributed by atoms with Crippen LogP contribution in [0, 0.1) is 0 Å². The molecule has 1 heterocycles. The highest BCUT2D eigenvalue weighted by Gasteiger charge is 2.13. The normalized spacial score (nSPS) is 11.3. The highest BCUT2D eigenvalue weighted by molar-refractivity contribution is 6.10. The van der Waals surface area contributed by atoms with Gasteiger partial charge in [-0.05, 0) is 76.6 Å². The first-order valence-corrected chi connectivity index (χ1v) is 13.7. The summed E-state index contributed by atoms with van der Waals surface area (Å²) in [5.41, 5.74) is 11.4. The molecule has 6 aromatic carbocycles. The molecule has 0 atom stereocenters. The lowest BCUT2D eigenvalue weighted by molar-refractivity contribution is 0.960. The van der Waals surface area contributed by atoms with Crippen molar-refractivity contribution in [3.05, 3.63) is 163 Å². The second-order valence-electron chi connectivity index (χ2n) is 10.2. The van der Waals surface area contributed by atoms with Gasteiger partial charge < -0.3 is 4.57 Å². The minimum absolute atomic E-state index is 1.05. The predicted octanol–water partition coefficient (Wildman–Crippen LogP) is 9.90. The third-order valence-electron chi connectivity index (χ3n) is 7.72. The van der Waals surface area contributed by atoms with Crippen LogP contribution in [0.3, 0.4) is 0 Å². The van der Waals surface area contributed by atoms with Gasteiger partial charge in [-0.2, -0.15) is 0 Å². The fraction of sp³-hybridized carbons (Fsp3) is 0.0526. The molecule has 0 aliphatic carbocycles. The maximum atomic E-state index is 2.40. The summed E-state index contributed by atoms with van der Waals surface area (Å²) in [6.45, 7) is 0. The van der Waals surface area contributed by atoms with Crippen molar-refractivity contribution in [3.8, 4) is 27.9 Å². The molecule has 1 nitrogen and oxygen atoms in total. The zero-order valence-corrected chi connectivity index (χ0v) is 21.8. The Morgan fingerprint density at radius 2 is 0.923 bits per heavy atom. The lowest BCUT2D eigenvalue weighted by atomic mass is 9.99. The van der Waals surface area contributed by atoms with Gasteiger partial charge in [-0.15, -0.1) is 0 Å². The summed E-state index contributed by atoms with van der Waals surface area (Å²) in [7, 11) is 0. The van der Waals surface area contributed by atoms with Gasteiger partial charge in [0.25, 0.3) is 0 Å². The molecular formula is C38H29N. The van der Waals surface area contributed by atoms with Gasteiger partial charge >= 0.3 is 0 Å². The lowest BCUT2D eigenvalue weighted by Gasteiger charge is -2.11. The van der Waals surface area contributed by atoms with Crippen LogP contribution in [0.25, 0.3) is 49.7 Å². The van der Waals surface area contributed by atoms with Crippen LogP contribution < -0.4 is 0 Å². The summed E-state index contributed by atoms with van der Waals surface area (Å²) in [6.07, 6.45) is 2.12. The average molecular weight is 500 g/mol. The number of aryl methyl sites for hydroxylation is 2.